The molecule has 0 saturated carbocycles. The first kappa shape index (κ1) is 27.0. The van der Waals surface area contributed by atoms with Gasteiger partial charge in [-0.15, -0.1) is 0 Å². The quantitative estimate of drug-likeness (QED) is 0.451. The molecular formula is C30H36N4O5. The first-order valence-electron chi connectivity index (χ1n) is 13.8. The van der Waals surface area contributed by atoms with Crippen LogP contribution in [0.2, 0.25) is 0 Å². The highest BCUT2D eigenvalue weighted by atomic mass is 16.5. The normalized spacial score (nSPS) is 22.3. The Morgan fingerprint density at radius 1 is 1.03 bits per heavy atom. The molecule has 0 radical (unpaired) electrons. The predicted octanol–water partition coefficient (Wildman–Crippen LogP) is 3.48. The third-order valence-electron chi connectivity index (χ3n) is 8.18. The number of amides is 4. The Labute approximate surface area is 228 Å². The summed E-state index contributed by atoms with van der Waals surface area (Å²) in [6, 6.07) is 13.1. The van der Waals surface area contributed by atoms with E-state index >= 15 is 0 Å². The first-order chi connectivity index (χ1) is 18.9. The maximum absolute atomic E-state index is 13.3. The van der Waals surface area contributed by atoms with Gasteiger partial charge in [0.05, 0.1) is 17.2 Å². The van der Waals surface area contributed by atoms with Gasteiger partial charge in [0.2, 0.25) is 11.8 Å². The average Bonchev–Trinajstić information content (AvgIpc) is 3.48. The van der Waals surface area contributed by atoms with Gasteiger partial charge in [0, 0.05) is 38.3 Å². The zero-order valence-electron chi connectivity index (χ0n) is 22.6. The number of anilines is 1. The van der Waals surface area contributed by atoms with Crippen LogP contribution in [0.25, 0.3) is 0 Å². The second-order valence-electron chi connectivity index (χ2n) is 10.6. The summed E-state index contributed by atoms with van der Waals surface area (Å²) < 4.78 is 5.62. The Bertz CT molecular complexity index is 1260. The SMILES string of the molecule is CCC(CC1CCCN1Cc1ccc(CNc2cccc3c2C(=O)N(C2CCC(=O)NC2=O)C3=O)cc1)OC. The molecule has 39 heavy (non-hydrogen) atoms. The molecule has 9 heteroatoms. The van der Waals surface area contributed by atoms with Gasteiger partial charge in [-0.25, -0.2) is 0 Å². The molecule has 2 fully saturated rings. The van der Waals surface area contributed by atoms with Gasteiger partial charge in [0.1, 0.15) is 6.04 Å². The van der Waals surface area contributed by atoms with Crippen LogP contribution in [0.5, 0.6) is 0 Å². The molecular weight excluding hydrogens is 496 g/mol. The van der Waals surface area contributed by atoms with Gasteiger partial charge < -0.3 is 10.1 Å². The van der Waals surface area contributed by atoms with E-state index in [2.05, 4.69) is 46.7 Å². The Morgan fingerprint density at radius 3 is 2.51 bits per heavy atom. The number of hydrogen-bond acceptors (Lipinski definition) is 7. The van der Waals surface area contributed by atoms with Crippen molar-refractivity contribution in [1.82, 2.24) is 15.1 Å². The van der Waals surface area contributed by atoms with E-state index in [1.54, 1.807) is 25.3 Å². The Kier molecular flexibility index (Phi) is 8.09. The van der Waals surface area contributed by atoms with E-state index in [9.17, 15) is 19.2 Å². The number of imide groups is 2. The largest absolute Gasteiger partial charge is 0.381 e. The number of rotatable bonds is 10. The fourth-order valence-electron chi connectivity index (χ4n) is 5.96. The van der Waals surface area contributed by atoms with Gasteiger partial charge in [-0.3, -0.25) is 34.3 Å². The van der Waals surface area contributed by atoms with Gasteiger partial charge in [-0.1, -0.05) is 37.3 Å². The third kappa shape index (κ3) is 5.60. The maximum atomic E-state index is 13.3. The first-order valence-corrected chi connectivity index (χ1v) is 13.8. The molecule has 3 heterocycles. The van der Waals surface area contributed by atoms with Crippen LogP contribution in [0.1, 0.15) is 77.3 Å². The summed E-state index contributed by atoms with van der Waals surface area (Å²) in [4.78, 5) is 53.8. The fraction of sp³-hybridized carbons (Fsp3) is 0.467. The van der Waals surface area contributed by atoms with Gasteiger partial charge in [0.25, 0.3) is 11.8 Å². The molecule has 9 nitrogen and oxygen atoms in total. The van der Waals surface area contributed by atoms with E-state index in [0.717, 1.165) is 36.4 Å². The number of piperidine rings is 1. The molecule has 3 atom stereocenters. The van der Waals surface area contributed by atoms with Gasteiger partial charge >= 0.3 is 0 Å². The molecule has 0 aliphatic carbocycles. The minimum absolute atomic E-state index is 0.0930. The van der Waals surface area contributed by atoms with Gasteiger partial charge in [-0.05, 0) is 61.9 Å². The number of carbonyl (C=O) groups is 4. The van der Waals surface area contributed by atoms with Crippen molar-refractivity contribution in [1.29, 1.82) is 0 Å². The minimum Gasteiger partial charge on any atom is -0.381 e. The van der Waals surface area contributed by atoms with Crippen molar-refractivity contribution < 1.29 is 23.9 Å². The minimum atomic E-state index is -0.979. The van der Waals surface area contributed by atoms with E-state index in [1.165, 1.54) is 18.4 Å². The van der Waals surface area contributed by atoms with Crippen molar-refractivity contribution >= 4 is 29.3 Å². The second kappa shape index (κ2) is 11.7. The molecule has 2 aromatic rings. The van der Waals surface area contributed by atoms with Crippen LogP contribution in [0.15, 0.2) is 42.5 Å². The summed E-state index contributed by atoms with van der Waals surface area (Å²) in [5, 5.41) is 5.54. The number of likely N-dealkylation sites (tertiary alicyclic amines) is 1. The van der Waals surface area contributed by atoms with Crippen molar-refractivity contribution in [3.63, 3.8) is 0 Å². The highest BCUT2D eigenvalue weighted by Crippen LogP contribution is 2.32. The average molecular weight is 533 g/mol. The predicted molar refractivity (Wildman–Crippen MR) is 146 cm³/mol. The second-order valence-corrected chi connectivity index (χ2v) is 10.6. The van der Waals surface area contributed by atoms with Crippen LogP contribution in [-0.2, 0) is 27.4 Å². The van der Waals surface area contributed by atoms with E-state index in [-0.39, 0.29) is 24.0 Å². The molecule has 4 amide bonds. The van der Waals surface area contributed by atoms with Gasteiger partial charge in [-0.2, -0.15) is 0 Å². The van der Waals surface area contributed by atoms with E-state index < -0.39 is 29.7 Å². The third-order valence-corrected chi connectivity index (χ3v) is 8.18. The molecule has 0 bridgehead atoms. The summed E-state index contributed by atoms with van der Waals surface area (Å²) in [7, 11) is 1.80. The zero-order chi connectivity index (χ0) is 27.5. The zero-order valence-corrected chi connectivity index (χ0v) is 22.6. The number of hydrogen-bond donors (Lipinski definition) is 2. The van der Waals surface area contributed by atoms with Crippen LogP contribution in [0, 0.1) is 0 Å². The van der Waals surface area contributed by atoms with Crippen LogP contribution >= 0.6 is 0 Å². The summed E-state index contributed by atoms with van der Waals surface area (Å²) in [5.74, 6) is -2.02. The van der Waals surface area contributed by atoms with Crippen LogP contribution < -0.4 is 10.6 Å². The highest BCUT2D eigenvalue weighted by Gasteiger charge is 2.45. The van der Waals surface area contributed by atoms with E-state index in [1.807, 2.05) is 0 Å². The lowest BCUT2D eigenvalue weighted by Crippen LogP contribution is -2.54. The molecule has 2 saturated heterocycles. The molecule has 2 N–H and O–H groups in total. The Balaban J connectivity index is 1.22. The van der Waals surface area contributed by atoms with Crippen molar-refractivity contribution in [2.75, 3.05) is 19.0 Å². The Morgan fingerprint density at radius 2 is 1.79 bits per heavy atom. The molecule has 0 aromatic heterocycles. The molecule has 3 aliphatic heterocycles. The summed E-state index contributed by atoms with van der Waals surface area (Å²) in [5.41, 5.74) is 3.40. The smallest absolute Gasteiger partial charge is 0.264 e. The molecule has 3 aliphatic rings. The summed E-state index contributed by atoms with van der Waals surface area (Å²) >= 11 is 0. The van der Waals surface area contributed by atoms with E-state index in [4.69, 9.17) is 4.74 Å². The van der Waals surface area contributed by atoms with Crippen LogP contribution in [0.3, 0.4) is 0 Å². The Hall–Kier alpha value is -3.56. The molecule has 206 valence electrons. The van der Waals surface area contributed by atoms with Crippen LogP contribution in [-0.4, -0.2) is 65.3 Å². The van der Waals surface area contributed by atoms with Gasteiger partial charge in [0.15, 0.2) is 0 Å². The maximum Gasteiger partial charge on any atom is 0.264 e. The topological polar surface area (TPSA) is 108 Å². The number of methoxy groups -OCH3 is 1. The number of nitrogens with one attached hydrogen (secondary N) is 2. The highest BCUT2D eigenvalue weighted by molar-refractivity contribution is 6.25. The summed E-state index contributed by atoms with van der Waals surface area (Å²) in [6.07, 6.45) is 5.06. The van der Waals surface area contributed by atoms with Crippen molar-refractivity contribution in [3.05, 3.63) is 64.7 Å². The lowest BCUT2D eigenvalue weighted by atomic mass is 10.0. The van der Waals surface area contributed by atoms with Crippen molar-refractivity contribution in [2.24, 2.45) is 0 Å². The fourth-order valence-corrected chi connectivity index (χ4v) is 5.96. The number of carbonyl (C=O) groups excluding carboxylic acids is 4. The molecule has 3 unspecified atom stereocenters. The monoisotopic (exact) mass is 532 g/mol. The lowest BCUT2D eigenvalue weighted by molar-refractivity contribution is -0.136. The van der Waals surface area contributed by atoms with Crippen molar-refractivity contribution in [3.8, 4) is 0 Å². The van der Waals surface area contributed by atoms with Crippen molar-refractivity contribution in [2.45, 2.75) is 76.7 Å². The lowest BCUT2D eigenvalue weighted by Gasteiger charge is -2.27. The number of fused-ring (bicyclic) bond motifs is 1. The molecule has 5 rings (SSSR count). The van der Waals surface area contributed by atoms with Crippen LogP contribution in [0.4, 0.5) is 5.69 Å². The molecule has 2 aromatic carbocycles. The molecule has 0 spiro atoms. The van der Waals surface area contributed by atoms with E-state index in [0.29, 0.717) is 24.4 Å². The number of benzene rings is 2. The standard InChI is InChI=1S/C30H36N4O5/c1-3-22(39-2)16-21-6-5-15-33(21)18-20-11-9-19(10-12-20)17-31-24-8-4-7-23-27(24)30(38)34(29(23)37)25-13-14-26(35)32-28(25)36/h4,7-12,21-22,25,31H,3,5-6,13-18H2,1-2H3,(H,32,35,36). The number of nitrogens with zero attached hydrogens (tertiary/aromatic N) is 2. The number of ether oxygens (including phenoxy) is 1. The summed E-state index contributed by atoms with van der Waals surface area (Å²) in [6.45, 7) is 4.68.